The highest BCUT2D eigenvalue weighted by molar-refractivity contribution is 5.88. The van der Waals surface area contributed by atoms with E-state index < -0.39 is 0 Å². The number of benzene rings is 4. The lowest BCUT2D eigenvalue weighted by molar-refractivity contribution is 0.450. The van der Waals surface area contributed by atoms with E-state index in [4.69, 9.17) is 4.74 Å². The Morgan fingerprint density at radius 2 is 1.12 bits per heavy atom. The van der Waals surface area contributed by atoms with Crippen LogP contribution < -0.4 is 9.64 Å². The van der Waals surface area contributed by atoms with Gasteiger partial charge in [0.25, 0.3) is 0 Å². The summed E-state index contributed by atoms with van der Waals surface area (Å²) in [5, 5.41) is 31.9. The van der Waals surface area contributed by atoms with E-state index in [1.165, 1.54) is 0 Å². The molecule has 0 saturated heterocycles. The molecule has 3 N–H and O–H groups in total. The molecule has 0 radical (unpaired) electrons. The number of para-hydroxylation sites is 4. The minimum Gasteiger partial charge on any atom is -0.508 e. The molecule has 0 aromatic heterocycles. The van der Waals surface area contributed by atoms with Crippen molar-refractivity contribution in [2.45, 2.75) is 27.7 Å². The summed E-state index contributed by atoms with van der Waals surface area (Å²) in [6.45, 7) is 7.57. The summed E-state index contributed by atoms with van der Waals surface area (Å²) < 4.78 is 6.29. The van der Waals surface area contributed by atoms with Crippen LogP contribution in [0.4, 0.5) is 17.1 Å². The van der Waals surface area contributed by atoms with E-state index in [-0.39, 0.29) is 17.2 Å². The number of phenols is 3. The Hall–Kier alpha value is -4.12. The normalized spacial score (nSPS) is 10.8. The van der Waals surface area contributed by atoms with Gasteiger partial charge < -0.3 is 20.1 Å². The molecule has 0 fully saturated rings. The molecule has 4 aromatic rings. The smallest absolute Gasteiger partial charge is 0.151 e. The van der Waals surface area contributed by atoms with E-state index in [0.29, 0.717) is 28.6 Å². The maximum Gasteiger partial charge on any atom is 0.151 e. The monoisotopic (exact) mass is 441 g/mol. The van der Waals surface area contributed by atoms with Crippen LogP contribution in [0.2, 0.25) is 0 Å². The molecule has 5 heteroatoms. The maximum absolute atomic E-state index is 10.9. The van der Waals surface area contributed by atoms with E-state index >= 15 is 0 Å². The first-order valence-electron chi connectivity index (χ1n) is 10.7. The molecule has 0 saturated carbocycles. The van der Waals surface area contributed by atoms with Crippen molar-refractivity contribution in [2.24, 2.45) is 0 Å². The molecule has 0 aliphatic heterocycles. The fraction of sp³-hybridized carbons (Fsp3) is 0.143. The Balaban J connectivity index is 1.96. The molecule has 0 spiro atoms. The van der Waals surface area contributed by atoms with Crippen molar-refractivity contribution in [1.82, 2.24) is 0 Å². The summed E-state index contributed by atoms with van der Waals surface area (Å²) >= 11 is 0. The third kappa shape index (κ3) is 4.17. The molecule has 0 atom stereocenters. The van der Waals surface area contributed by atoms with Crippen molar-refractivity contribution < 1.29 is 20.1 Å². The van der Waals surface area contributed by atoms with Gasteiger partial charge >= 0.3 is 0 Å². The average Bonchev–Trinajstić information content (AvgIpc) is 2.76. The van der Waals surface area contributed by atoms with Gasteiger partial charge in [-0.1, -0.05) is 36.4 Å². The van der Waals surface area contributed by atoms with Gasteiger partial charge in [0.1, 0.15) is 23.0 Å². The Bertz CT molecular complexity index is 1240. The van der Waals surface area contributed by atoms with Crippen LogP contribution in [0.1, 0.15) is 22.3 Å². The van der Waals surface area contributed by atoms with E-state index in [1.807, 2.05) is 75.1 Å². The van der Waals surface area contributed by atoms with Gasteiger partial charge in [0.05, 0.1) is 17.1 Å². The molecule has 0 aliphatic rings. The van der Waals surface area contributed by atoms with Crippen LogP contribution in [-0.2, 0) is 0 Å². The summed E-state index contributed by atoms with van der Waals surface area (Å²) in [4.78, 5) is 1.81. The average molecular weight is 442 g/mol. The number of aromatic hydroxyl groups is 3. The third-order valence-corrected chi connectivity index (χ3v) is 5.70. The van der Waals surface area contributed by atoms with Crippen LogP contribution in [0.5, 0.6) is 28.7 Å². The first-order valence-corrected chi connectivity index (χ1v) is 10.7. The molecule has 4 rings (SSSR count). The van der Waals surface area contributed by atoms with Crippen LogP contribution in [0, 0.1) is 27.7 Å². The molecule has 0 aliphatic carbocycles. The largest absolute Gasteiger partial charge is 0.508 e. The quantitative estimate of drug-likeness (QED) is 0.303. The van der Waals surface area contributed by atoms with Gasteiger partial charge in [0.2, 0.25) is 0 Å². The van der Waals surface area contributed by atoms with Crippen LogP contribution in [-0.4, -0.2) is 15.3 Å². The van der Waals surface area contributed by atoms with Gasteiger partial charge in [-0.05, 0) is 80.3 Å². The second-order valence-corrected chi connectivity index (χ2v) is 8.19. The van der Waals surface area contributed by atoms with Crippen molar-refractivity contribution in [3.05, 3.63) is 95.1 Å². The second kappa shape index (κ2) is 8.79. The molecule has 0 unspecified atom stereocenters. The van der Waals surface area contributed by atoms with Gasteiger partial charge in [0, 0.05) is 6.07 Å². The zero-order chi connectivity index (χ0) is 23.7. The number of ether oxygens (including phenoxy) is 1. The standard InChI is InChI=1S/C28H27NO4/c1-17-9-7-12-22(30)27(17)29(28-18(2)10-8-13-23(28)31)21-11-5-6-14-25(21)33-26-16-24(32)19(3)15-20(26)4/h5-16,30-32H,1-4H3. The second-order valence-electron chi connectivity index (χ2n) is 8.19. The number of aryl methyl sites for hydroxylation is 4. The van der Waals surface area contributed by atoms with Crippen molar-refractivity contribution in [1.29, 1.82) is 0 Å². The molecular formula is C28H27NO4. The predicted octanol–water partition coefficient (Wildman–Crippen LogP) is 7.30. The highest BCUT2D eigenvalue weighted by Gasteiger charge is 2.25. The summed E-state index contributed by atoms with van der Waals surface area (Å²) in [5.41, 5.74) is 5.02. The minimum atomic E-state index is 0.0802. The van der Waals surface area contributed by atoms with Gasteiger partial charge in [-0.3, -0.25) is 4.90 Å². The van der Waals surface area contributed by atoms with E-state index in [1.54, 1.807) is 30.3 Å². The fourth-order valence-electron chi connectivity index (χ4n) is 4.00. The van der Waals surface area contributed by atoms with Crippen molar-refractivity contribution in [3.8, 4) is 28.7 Å². The Morgan fingerprint density at radius 3 is 1.70 bits per heavy atom. The maximum atomic E-state index is 10.9. The Morgan fingerprint density at radius 1 is 0.545 bits per heavy atom. The summed E-state index contributed by atoms with van der Waals surface area (Å²) in [7, 11) is 0. The lowest BCUT2D eigenvalue weighted by Crippen LogP contribution is -2.14. The summed E-state index contributed by atoms with van der Waals surface area (Å²) in [6.07, 6.45) is 0. The lowest BCUT2D eigenvalue weighted by Gasteiger charge is -2.30. The van der Waals surface area contributed by atoms with E-state index in [2.05, 4.69) is 0 Å². The highest BCUT2D eigenvalue weighted by atomic mass is 16.5. The predicted molar refractivity (Wildman–Crippen MR) is 132 cm³/mol. The number of hydrogen-bond donors (Lipinski definition) is 3. The van der Waals surface area contributed by atoms with Crippen LogP contribution in [0.3, 0.4) is 0 Å². The molecule has 0 bridgehead atoms. The summed E-state index contributed by atoms with van der Waals surface area (Å²) in [6, 6.07) is 21.5. The first kappa shape index (κ1) is 22.1. The van der Waals surface area contributed by atoms with Crippen LogP contribution >= 0.6 is 0 Å². The van der Waals surface area contributed by atoms with Crippen molar-refractivity contribution in [3.63, 3.8) is 0 Å². The number of anilines is 3. The highest BCUT2D eigenvalue weighted by Crippen LogP contribution is 2.49. The zero-order valence-corrected chi connectivity index (χ0v) is 19.1. The van der Waals surface area contributed by atoms with E-state index in [9.17, 15) is 15.3 Å². The number of nitrogens with zero attached hydrogens (tertiary/aromatic N) is 1. The van der Waals surface area contributed by atoms with Gasteiger partial charge in [0.15, 0.2) is 5.75 Å². The lowest BCUT2D eigenvalue weighted by atomic mass is 10.1. The number of phenolic OH excluding ortho intramolecular Hbond substituents is 3. The summed E-state index contributed by atoms with van der Waals surface area (Å²) in [5.74, 6) is 1.34. The first-order chi connectivity index (χ1) is 15.8. The molecule has 5 nitrogen and oxygen atoms in total. The van der Waals surface area contributed by atoms with Crippen LogP contribution in [0.15, 0.2) is 72.8 Å². The van der Waals surface area contributed by atoms with E-state index in [0.717, 1.165) is 22.3 Å². The van der Waals surface area contributed by atoms with Crippen molar-refractivity contribution in [2.75, 3.05) is 4.90 Å². The van der Waals surface area contributed by atoms with Crippen molar-refractivity contribution >= 4 is 17.1 Å². The molecule has 0 heterocycles. The topological polar surface area (TPSA) is 73.2 Å². The molecule has 33 heavy (non-hydrogen) atoms. The fourth-order valence-corrected chi connectivity index (χ4v) is 4.00. The molecule has 168 valence electrons. The zero-order valence-electron chi connectivity index (χ0n) is 19.1. The minimum absolute atomic E-state index is 0.0802. The van der Waals surface area contributed by atoms with Gasteiger partial charge in [-0.2, -0.15) is 0 Å². The number of hydrogen-bond acceptors (Lipinski definition) is 5. The molecular weight excluding hydrogens is 414 g/mol. The van der Waals surface area contributed by atoms with Gasteiger partial charge in [-0.25, -0.2) is 0 Å². The Kier molecular flexibility index (Phi) is 5.88. The third-order valence-electron chi connectivity index (χ3n) is 5.70. The Labute approximate surface area is 193 Å². The molecule has 4 aromatic carbocycles. The number of rotatable bonds is 5. The van der Waals surface area contributed by atoms with Gasteiger partial charge in [-0.15, -0.1) is 0 Å². The van der Waals surface area contributed by atoms with Crippen LogP contribution in [0.25, 0.3) is 0 Å². The molecule has 0 amide bonds. The SMILES string of the molecule is Cc1cc(C)c(Oc2ccccc2N(c2c(C)cccc2O)c2c(C)cccc2O)cc1O.